The van der Waals surface area contributed by atoms with E-state index in [0.717, 1.165) is 0 Å². The van der Waals surface area contributed by atoms with Gasteiger partial charge in [0.1, 0.15) is 23.9 Å². The number of aliphatic imine (C=N–C) groups is 1. The topological polar surface area (TPSA) is 226 Å². The summed E-state index contributed by atoms with van der Waals surface area (Å²) in [6, 6.07) is 2.21. The zero-order valence-corrected chi connectivity index (χ0v) is 22.5. The van der Waals surface area contributed by atoms with Crippen molar-refractivity contribution in [3.05, 3.63) is 29.8 Å². The fraction of sp³-hybridized carbons (Fsp3) is 0.577. The smallest absolute Gasteiger partial charge is 0.326 e. The molecule has 1 saturated heterocycles. The predicted octanol–water partition coefficient (Wildman–Crippen LogP) is -0.593. The highest BCUT2D eigenvalue weighted by Gasteiger charge is 2.38. The van der Waals surface area contributed by atoms with E-state index < -0.39 is 47.9 Å². The molecule has 13 nitrogen and oxygen atoms in total. The molecule has 0 aliphatic carbocycles. The number of carbonyl (C=O) groups excluding carboxylic acids is 3. The summed E-state index contributed by atoms with van der Waals surface area (Å²) in [5.41, 5.74) is 17.5. The molecule has 1 aromatic rings. The number of nitrogens with one attached hydrogen (secondary N) is 2. The maximum Gasteiger partial charge on any atom is 0.326 e. The minimum atomic E-state index is -1.11. The van der Waals surface area contributed by atoms with Crippen LogP contribution in [0.2, 0.25) is 0 Å². The number of nitrogens with two attached hydrogens (primary N) is 3. The van der Waals surface area contributed by atoms with E-state index in [-0.39, 0.29) is 43.6 Å². The number of nitrogens with zero attached hydrogens (tertiary/aromatic N) is 2. The predicted molar refractivity (Wildman–Crippen MR) is 145 cm³/mol. The van der Waals surface area contributed by atoms with Crippen LogP contribution in [0, 0.1) is 5.92 Å². The van der Waals surface area contributed by atoms with Gasteiger partial charge in [0.05, 0.1) is 6.04 Å². The molecule has 0 aromatic heterocycles. The van der Waals surface area contributed by atoms with Crippen molar-refractivity contribution >= 4 is 29.7 Å². The van der Waals surface area contributed by atoms with Gasteiger partial charge in [-0.3, -0.25) is 19.4 Å². The van der Waals surface area contributed by atoms with E-state index in [4.69, 9.17) is 17.2 Å². The zero-order chi connectivity index (χ0) is 29.1. The first kappa shape index (κ1) is 31.3. The van der Waals surface area contributed by atoms with Gasteiger partial charge in [-0.1, -0.05) is 32.4 Å². The monoisotopic (exact) mass is 547 g/mol. The number of amides is 3. The van der Waals surface area contributed by atoms with Crippen molar-refractivity contribution in [1.29, 1.82) is 0 Å². The van der Waals surface area contributed by atoms with Gasteiger partial charge in [-0.05, 0) is 49.3 Å². The SMILES string of the molecule is CCC(C)C(N)C(=O)NC(Cc1ccc(O)cc1)C(=O)NC(CCCN=C(N)N)C(=O)N1CCCC1C(=O)O. The molecule has 0 spiro atoms. The highest BCUT2D eigenvalue weighted by Crippen LogP contribution is 2.20. The first-order valence-corrected chi connectivity index (χ1v) is 13.2. The van der Waals surface area contributed by atoms with Crippen LogP contribution >= 0.6 is 0 Å². The van der Waals surface area contributed by atoms with Gasteiger partial charge in [0, 0.05) is 19.5 Å². The first-order chi connectivity index (χ1) is 18.4. The van der Waals surface area contributed by atoms with Crippen LogP contribution in [0.15, 0.2) is 29.3 Å². The number of carboxylic acids is 1. The summed E-state index contributed by atoms with van der Waals surface area (Å²) in [5.74, 6) is -2.96. The molecule has 1 aliphatic rings. The second kappa shape index (κ2) is 14.9. The molecule has 1 aromatic carbocycles. The first-order valence-electron chi connectivity index (χ1n) is 13.2. The maximum atomic E-state index is 13.5. The molecular weight excluding hydrogens is 506 g/mol. The number of carbonyl (C=O) groups is 4. The normalized spacial score (nSPS) is 17.9. The lowest BCUT2D eigenvalue weighted by Crippen LogP contribution is -2.58. The molecule has 2 rings (SSSR count). The summed E-state index contributed by atoms with van der Waals surface area (Å²) in [6.07, 6.45) is 2.08. The Kier molecular flexibility index (Phi) is 12.0. The van der Waals surface area contributed by atoms with Crippen LogP contribution in [-0.2, 0) is 25.6 Å². The lowest BCUT2D eigenvalue weighted by Gasteiger charge is -2.29. The van der Waals surface area contributed by atoms with Gasteiger partial charge in [-0.15, -0.1) is 0 Å². The molecule has 0 saturated carbocycles. The Labute approximate surface area is 228 Å². The number of carboxylic acid groups (broad SMARTS) is 1. The van der Waals surface area contributed by atoms with Crippen molar-refractivity contribution in [1.82, 2.24) is 15.5 Å². The number of aromatic hydroxyl groups is 1. The minimum absolute atomic E-state index is 0.0487. The van der Waals surface area contributed by atoms with Gasteiger partial charge in [0.2, 0.25) is 17.7 Å². The lowest BCUT2D eigenvalue weighted by atomic mass is 9.98. The third-order valence-corrected chi connectivity index (χ3v) is 6.95. The molecule has 1 heterocycles. The van der Waals surface area contributed by atoms with Crippen molar-refractivity contribution in [3.63, 3.8) is 0 Å². The Morgan fingerprint density at radius 3 is 2.33 bits per heavy atom. The van der Waals surface area contributed by atoms with Gasteiger partial charge >= 0.3 is 5.97 Å². The van der Waals surface area contributed by atoms with Crippen molar-refractivity contribution in [2.24, 2.45) is 28.1 Å². The van der Waals surface area contributed by atoms with E-state index in [1.807, 2.05) is 13.8 Å². The number of hydrogen-bond acceptors (Lipinski definition) is 7. The van der Waals surface area contributed by atoms with Crippen LogP contribution in [0.5, 0.6) is 5.75 Å². The summed E-state index contributed by atoms with van der Waals surface area (Å²) >= 11 is 0. The summed E-state index contributed by atoms with van der Waals surface area (Å²) in [7, 11) is 0. The van der Waals surface area contributed by atoms with E-state index in [1.54, 1.807) is 12.1 Å². The Balaban J connectivity index is 2.28. The second-order valence-corrected chi connectivity index (χ2v) is 9.88. The minimum Gasteiger partial charge on any atom is -0.508 e. The van der Waals surface area contributed by atoms with Gasteiger partial charge < -0.3 is 42.9 Å². The highest BCUT2D eigenvalue weighted by molar-refractivity contribution is 5.94. The number of aliphatic carboxylic acids is 1. The third-order valence-electron chi connectivity index (χ3n) is 6.95. The summed E-state index contributed by atoms with van der Waals surface area (Å²) in [6.45, 7) is 4.20. The van der Waals surface area contributed by atoms with Gasteiger partial charge in [0.25, 0.3) is 0 Å². The van der Waals surface area contributed by atoms with E-state index in [9.17, 15) is 29.4 Å². The average Bonchev–Trinajstić information content (AvgIpc) is 3.40. The molecular formula is C26H41N7O6. The maximum absolute atomic E-state index is 13.5. The molecule has 39 heavy (non-hydrogen) atoms. The number of phenols is 1. The van der Waals surface area contributed by atoms with Crippen molar-refractivity contribution < 1.29 is 29.4 Å². The second-order valence-electron chi connectivity index (χ2n) is 9.88. The standard InChI is InChI=1S/C26H41N7O6/c1-3-15(2)21(27)23(36)32-19(14-16-8-10-17(34)11-9-16)22(35)31-18(6-4-12-30-26(28)29)24(37)33-13-5-7-20(33)25(38)39/h8-11,15,18-21,34H,3-7,12-14,27H2,1-2H3,(H,31,35)(H,32,36)(H,38,39)(H4,28,29,30). The van der Waals surface area contributed by atoms with E-state index in [1.165, 1.54) is 17.0 Å². The van der Waals surface area contributed by atoms with E-state index >= 15 is 0 Å². The van der Waals surface area contributed by atoms with Crippen LogP contribution in [0.3, 0.4) is 0 Å². The molecule has 10 N–H and O–H groups in total. The van der Waals surface area contributed by atoms with Crippen LogP contribution < -0.4 is 27.8 Å². The van der Waals surface area contributed by atoms with Crippen LogP contribution in [0.4, 0.5) is 0 Å². The Hall–Kier alpha value is -3.87. The molecule has 13 heteroatoms. The molecule has 3 amide bonds. The van der Waals surface area contributed by atoms with Crippen LogP contribution in [-0.4, -0.2) is 82.0 Å². The molecule has 1 aliphatic heterocycles. The number of hydrogen-bond donors (Lipinski definition) is 7. The largest absolute Gasteiger partial charge is 0.508 e. The molecule has 0 radical (unpaired) electrons. The van der Waals surface area contributed by atoms with Crippen LogP contribution in [0.1, 0.15) is 51.5 Å². The molecule has 216 valence electrons. The number of guanidine groups is 1. The Bertz CT molecular complexity index is 1030. The zero-order valence-electron chi connectivity index (χ0n) is 22.5. The summed E-state index contributed by atoms with van der Waals surface area (Å²) in [4.78, 5) is 56.7. The van der Waals surface area contributed by atoms with Crippen molar-refractivity contribution in [2.75, 3.05) is 13.1 Å². The Morgan fingerprint density at radius 2 is 1.74 bits per heavy atom. The van der Waals surface area contributed by atoms with Crippen molar-refractivity contribution in [2.45, 2.75) is 76.5 Å². The number of benzene rings is 1. The van der Waals surface area contributed by atoms with E-state index in [2.05, 4.69) is 15.6 Å². The van der Waals surface area contributed by atoms with Gasteiger partial charge in [-0.2, -0.15) is 0 Å². The fourth-order valence-corrected chi connectivity index (χ4v) is 4.38. The fourth-order valence-electron chi connectivity index (χ4n) is 4.38. The van der Waals surface area contributed by atoms with Crippen molar-refractivity contribution in [3.8, 4) is 5.75 Å². The van der Waals surface area contributed by atoms with Gasteiger partial charge in [-0.25, -0.2) is 4.79 Å². The Morgan fingerprint density at radius 1 is 1.10 bits per heavy atom. The molecule has 5 atom stereocenters. The molecule has 0 bridgehead atoms. The van der Waals surface area contributed by atoms with Gasteiger partial charge in [0.15, 0.2) is 5.96 Å². The lowest BCUT2D eigenvalue weighted by molar-refractivity contribution is -0.149. The number of rotatable bonds is 14. The van der Waals surface area contributed by atoms with Crippen LogP contribution in [0.25, 0.3) is 0 Å². The summed E-state index contributed by atoms with van der Waals surface area (Å²) < 4.78 is 0. The average molecular weight is 548 g/mol. The third kappa shape index (κ3) is 9.43. The van der Waals surface area contributed by atoms with E-state index in [0.29, 0.717) is 31.2 Å². The molecule has 1 fully saturated rings. The quantitative estimate of drug-likeness (QED) is 0.0895. The molecule has 5 unspecified atom stereocenters. The summed E-state index contributed by atoms with van der Waals surface area (Å²) in [5, 5.41) is 24.6. The highest BCUT2D eigenvalue weighted by atomic mass is 16.4. The number of likely N-dealkylation sites (tertiary alicyclic amines) is 1. The number of phenolic OH excluding ortho intramolecular Hbond substituents is 1.